The molecule has 0 unspecified atom stereocenters. The number of halogens is 4. The van der Waals surface area contributed by atoms with Gasteiger partial charge in [-0.15, -0.1) is 0 Å². The molecule has 0 bridgehead atoms. The van der Waals surface area contributed by atoms with Crippen LogP contribution >= 0.6 is 15.9 Å². The molecule has 0 aromatic carbocycles. The Morgan fingerprint density at radius 3 is 2.64 bits per heavy atom. The summed E-state index contributed by atoms with van der Waals surface area (Å²) in [5, 5.41) is 0. The van der Waals surface area contributed by atoms with Crippen LogP contribution in [-0.2, 0) is 0 Å². The van der Waals surface area contributed by atoms with Crippen LogP contribution in [0.5, 0.6) is 5.88 Å². The molecule has 2 nitrogen and oxygen atoms in total. The number of nitrogens with zero attached hydrogens (tertiary/aromatic N) is 1. The first kappa shape index (κ1) is 11.3. The van der Waals surface area contributed by atoms with Gasteiger partial charge in [-0.1, -0.05) is 0 Å². The van der Waals surface area contributed by atoms with E-state index in [1.165, 1.54) is 12.3 Å². The van der Waals surface area contributed by atoms with E-state index in [-0.39, 0.29) is 5.88 Å². The minimum atomic E-state index is -4.33. The van der Waals surface area contributed by atoms with E-state index in [2.05, 4.69) is 25.7 Å². The number of aromatic nitrogens is 1. The fraction of sp³-hybridized carbons (Fsp3) is 0.375. The molecule has 1 aromatic rings. The van der Waals surface area contributed by atoms with Crippen molar-refractivity contribution in [3.8, 4) is 5.88 Å². The summed E-state index contributed by atoms with van der Waals surface area (Å²) in [5.41, 5.74) is 0.775. The summed E-state index contributed by atoms with van der Waals surface area (Å²) in [6.45, 7) is 0.424. The van der Waals surface area contributed by atoms with Gasteiger partial charge in [-0.05, 0) is 28.4 Å². The third-order valence-corrected chi connectivity index (χ3v) is 2.24. The van der Waals surface area contributed by atoms with E-state index < -0.39 is 12.8 Å². The Balaban J connectivity index is 2.65. The molecule has 0 aliphatic heterocycles. The molecule has 6 heteroatoms. The van der Waals surface area contributed by atoms with E-state index in [9.17, 15) is 13.2 Å². The van der Waals surface area contributed by atoms with Gasteiger partial charge in [0.25, 0.3) is 0 Å². The van der Waals surface area contributed by atoms with Crippen LogP contribution in [0.4, 0.5) is 13.2 Å². The number of rotatable bonds is 2. The van der Waals surface area contributed by atoms with Gasteiger partial charge in [-0.25, -0.2) is 4.98 Å². The monoisotopic (exact) mass is 269 g/mol. The highest BCUT2D eigenvalue weighted by molar-refractivity contribution is 9.10. The molecular formula is C8H7BrF3NO. The van der Waals surface area contributed by atoms with Crippen LogP contribution in [-0.4, -0.2) is 17.8 Å². The molecule has 0 aliphatic carbocycles. The third kappa shape index (κ3) is 3.53. The lowest BCUT2D eigenvalue weighted by Crippen LogP contribution is -2.19. The molecule has 0 saturated carbocycles. The van der Waals surface area contributed by atoms with Gasteiger partial charge in [0.1, 0.15) is 0 Å². The molecule has 0 fully saturated rings. The number of alkyl halides is 3. The number of hydrogen-bond acceptors (Lipinski definition) is 2. The Hall–Kier alpha value is -0.780. The Kier molecular flexibility index (Phi) is 3.36. The van der Waals surface area contributed by atoms with Crippen molar-refractivity contribution in [2.45, 2.75) is 13.1 Å². The lowest BCUT2D eigenvalue weighted by Gasteiger charge is -2.08. The van der Waals surface area contributed by atoms with E-state index in [0.717, 1.165) is 10.0 Å². The highest BCUT2D eigenvalue weighted by Gasteiger charge is 2.28. The maximum atomic E-state index is 11.8. The van der Waals surface area contributed by atoms with E-state index in [1.807, 2.05) is 0 Å². The number of aryl methyl sites for hydroxylation is 1. The largest absolute Gasteiger partial charge is 0.468 e. The Morgan fingerprint density at radius 1 is 1.50 bits per heavy atom. The molecule has 0 N–H and O–H groups in total. The Bertz CT molecular complexity index is 327. The first-order chi connectivity index (χ1) is 6.38. The zero-order valence-electron chi connectivity index (χ0n) is 7.23. The molecular weight excluding hydrogens is 263 g/mol. The fourth-order valence-corrected chi connectivity index (χ4v) is 0.965. The van der Waals surface area contributed by atoms with Gasteiger partial charge in [0.2, 0.25) is 5.88 Å². The van der Waals surface area contributed by atoms with Crippen LogP contribution in [0.25, 0.3) is 0 Å². The van der Waals surface area contributed by atoms with Gasteiger partial charge < -0.3 is 4.74 Å². The minimum absolute atomic E-state index is 0.0250. The molecule has 1 aromatic heterocycles. The van der Waals surface area contributed by atoms with Gasteiger partial charge in [0.15, 0.2) is 6.61 Å². The Morgan fingerprint density at radius 2 is 2.14 bits per heavy atom. The molecule has 0 aliphatic rings. The minimum Gasteiger partial charge on any atom is -0.468 e. The average molecular weight is 270 g/mol. The van der Waals surface area contributed by atoms with Gasteiger partial charge in [-0.3, -0.25) is 0 Å². The molecule has 0 amide bonds. The predicted octanol–water partition coefficient (Wildman–Crippen LogP) is 3.09. The van der Waals surface area contributed by atoms with Crippen molar-refractivity contribution >= 4 is 15.9 Å². The summed E-state index contributed by atoms with van der Waals surface area (Å²) >= 11 is 3.18. The lowest BCUT2D eigenvalue weighted by atomic mass is 10.3. The smallest absolute Gasteiger partial charge is 0.422 e. The normalized spacial score (nSPS) is 11.5. The van der Waals surface area contributed by atoms with Crippen molar-refractivity contribution in [2.75, 3.05) is 6.61 Å². The number of ether oxygens (including phenoxy) is 1. The molecule has 1 rings (SSSR count). The van der Waals surface area contributed by atoms with Crippen molar-refractivity contribution in [1.82, 2.24) is 4.98 Å². The van der Waals surface area contributed by atoms with Crippen LogP contribution < -0.4 is 4.74 Å². The van der Waals surface area contributed by atoms with Crippen molar-refractivity contribution in [1.29, 1.82) is 0 Å². The second-order valence-electron chi connectivity index (χ2n) is 2.68. The second kappa shape index (κ2) is 4.16. The van der Waals surface area contributed by atoms with Crippen LogP contribution in [0.15, 0.2) is 16.7 Å². The first-order valence-electron chi connectivity index (χ1n) is 3.70. The summed E-state index contributed by atoms with van der Waals surface area (Å²) in [4.78, 5) is 3.67. The molecule has 14 heavy (non-hydrogen) atoms. The molecule has 0 saturated heterocycles. The highest BCUT2D eigenvalue weighted by Crippen LogP contribution is 2.21. The van der Waals surface area contributed by atoms with E-state index in [1.54, 1.807) is 6.92 Å². The van der Waals surface area contributed by atoms with Crippen molar-refractivity contribution in [3.63, 3.8) is 0 Å². The number of hydrogen-bond donors (Lipinski definition) is 0. The zero-order valence-corrected chi connectivity index (χ0v) is 8.82. The van der Waals surface area contributed by atoms with Crippen LogP contribution in [0.3, 0.4) is 0 Å². The summed E-state index contributed by atoms with van der Waals surface area (Å²) in [6, 6.07) is 1.44. The summed E-state index contributed by atoms with van der Waals surface area (Å²) in [6.07, 6.45) is -2.93. The molecule has 0 spiro atoms. The third-order valence-electron chi connectivity index (χ3n) is 1.41. The highest BCUT2D eigenvalue weighted by atomic mass is 79.9. The van der Waals surface area contributed by atoms with Crippen molar-refractivity contribution in [2.24, 2.45) is 0 Å². The summed E-state index contributed by atoms with van der Waals surface area (Å²) in [5.74, 6) is -0.0250. The molecule has 1 heterocycles. The topological polar surface area (TPSA) is 22.1 Å². The van der Waals surface area contributed by atoms with Crippen molar-refractivity contribution in [3.05, 3.63) is 22.3 Å². The molecule has 78 valence electrons. The van der Waals surface area contributed by atoms with E-state index in [4.69, 9.17) is 0 Å². The second-order valence-corrected chi connectivity index (χ2v) is 3.53. The summed E-state index contributed by atoms with van der Waals surface area (Å²) < 4.78 is 40.5. The Labute approximate surface area is 87.2 Å². The number of pyridine rings is 1. The van der Waals surface area contributed by atoms with Gasteiger partial charge >= 0.3 is 6.18 Å². The fourth-order valence-electron chi connectivity index (χ4n) is 0.748. The predicted molar refractivity (Wildman–Crippen MR) is 48.2 cm³/mol. The first-order valence-corrected chi connectivity index (χ1v) is 4.49. The van der Waals surface area contributed by atoms with Gasteiger partial charge in [0, 0.05) is 16.7 Å². The summed E-state index contributed by atoms with van der Waals surface area (Å²) in [7, 11) is 0. The van der Waals surface area contributed by atoms with Gasteiger partial charge in [0.05, 0.1) is 0 Å². The lowest BCUT2D eigenvalue weighted by molar-refractivity contribution is -0.154. The average Bonchev–Trinajstić information content (AvgIpc) is 2.06. The molecule has 0 radical (unpaired) electrons. The SMILES string of the molecule is Cc1cc(OCC(F)(F)F)ncc1Br. The van der Waals surface area contributed by atoms with Crippen LogP contribution in [0.1, 0.15) is 5.56 Å². The standard InChI is InChI=1S/C8H7BrF3NO/c1-5-2-7(13-3-6(5)9)14-4-8(10,11)12/h2-3H,4H2,1H3. The quantitative estimate of drug-likeness (QED) is 0.823. The maximum absolute atomic E-state index is 11.8. The van der Waals surface area contributed by atoms with Crippen LogP contribution in [0.2, 0.25) is 0 Å². The van der Waals surface area contributed by atoms with Gasteiger partial charge in [-0.2, -0.15) is 13.2 Å². The van der Waals surface area contributed by atoms with Crippen molar-refractivity contribution < 1.29 is 17.9 Å². The zero-order chi connectivity index (χ0) is 10.8. The van der Waals surface area contributed by atoms with Crippen LogP contribution in [0, 0.1) is 6.92 Å². The molecule has 0 atom stereocenters. The van der Waals surface area contributed by atoms with E-state index >= 15 is 0 Å². The maximum Gasteiger partial charge on any atom is 0.422 e. The van der Waals surface area contributed by atoms with E-state index in [0.29, 0.717) is 0 Å².